The van der Waals surface area contributed by atoms with Crippen LogP contribution in [-0.2, 0) is 4.79 Å². The zero-order valence-electron chi connectivity index (χ0n) is 22.3. The topological polar surface area (TPSA) is 69.5 Å². The summed E-state index contributed by atoms with van der Waals surface area (Å²) in [7, 11) is 0. The molecule has 3 atom stereocenters. The second kappa shape index (κ2) is 12.4. The number of hydrogen-bond acceptors (Lipinski definition) is 5. The van der Waals surface area contributed by atoms with Crippen LogP contribution in [0.1, 0.15) is 43.2 Å². The van der Waals surface area contributed by atoms with Gasteiger partial charge in [-0.05, 0) is 68.1 Å². The highest BCUT2D eigenvalue weighted by Gasteiger charge is 2.39. The van der Waals surface area contributed by atoms with E-state index in [4.69, 9.17) is 33.2 Å². The van der Waals surface area contributed by atoms with Crippen molar-refractivity contribution in [2.75, 3.05) is 31.1 Å². The van der Waals surface area contributed by atoms with Crippen molar-refractivity contribution in [2.45, 2.75) is 38.2 Å². The summed E-state index contributed by atoms with van der Waals surface area (Å²) in [6.45, 7) is 4.73. The Balaban J connectivity index is 1.26. The minimum absolute atomic E-state index is 0.0391. The van der Waals surface area contributed by atoms with Crippen LogP contribution in [0.2, 0.25) is 10.0 Å². The Bertz CT molecular complexity index is 1370. The average Bonchev–Trinajstić information content (AvgIpc) is 2.99. The molecule has 1 amide bonds. The molecule has 0 aliphatic carbocycles. The summed E-state index contributed by atoms with van der Waals surface area (Å²) in [5.41, 5.74) is 1.64. The van der Waals surface area contributed by atoms with Gasteiger partial charge in [-0.1, -0.05) is 35.3 Å². The van der Waals surface area contributed by atoms with Gasteiger partial charge in [0.25, 0.3) is 0 Å². The van der Waals surface area contributed by atoms with Gasteiger partial charge in [0, 0.05) is 61.2 Å². The van der Waals surface area contributed by atoms with Gasteiger partial charge in [-0.15, -0.1) is 0 Å². The first-order valence-electron chi connectivity index (χ1n) is 13.6. The van der Waals surface area contributed by atoms with Crippen molar-refractivity contribution in [2.24, 2.45) is 11.8 Å². The standard InChI is InChI=1S/C31H31Cl2FN4O2/c1-20(40-25-7-8-28(33)29(34)16-25)26-12-15-38(19-27(26)22-3-5-24(32)6-4-22)31(39)23-10-13-37(14-11-23)30-9-2-21(17-35)18-36-30/h2-9,16,18,20,23,26-27H,10-15,19H2,1H3/t20-,26+,27+/m0/s1. The maximum absolute atomic E-state index is 14.0. The van der Waals surface area contributed by atoms with E-state index in [-0.39, 0.29) is 34.8 Å². The van der Waals surface area contributed by atoms with E-state index in [0.29, 0.717) is 29.4 Å². The number of nitriles is 1. The van der Waals surface area contributed by atoms with E-state index in [2.05, 4.69) is 16.0 Å². The summed E-state index contributed by atoms with van der Waals surface area (Å²) in [6.07, 6.45) is 3.66. The lowest BCUT2D eigenvalue weighted by Crippen LogP contribution is -2.49. The van der Waals surface area contributed by atoms with Crippen molar-refractivity contribution >= 4 is 34.9 Å². The summed E-state index contributed by atoms with van der Waals surface area (Å²) >= 11 is 12.0. The minimum Gasteiger partial charge on any atom is -0.490 e. The summed E-state index contributed by atoms with van der Waals surface area (Å²) in [4.78, 5) is 22.3. The molecule has 3 aromatic rings. The number of hydrogen-bond donors (Lipinski definition) is 0. The first-order chi connectivity index (χ1) is 19.3. The Kier molecular flexibility index (Phi) is 8.78. The highest BCUT2D eigenvalue weighted by Crippen LogP contribution is 2.38. The fraction of sp³-hybridized carbons (Fsp3) is 0.387. The van der Waals surface area contributed by atoms with Crippen molar-refractivity contribution in [3.63, 3.8) is 0 Å². The molecule has 0 saturated carbocycles. The van der Waals surface area contributed by atoms with Gasteiger partial charge >= 0.3 is 0 Å². The number of carbonyl (C=O) groups is 1. The highest BCUT2D eigenvalue weighted by molar-refractivity contribution is 6.30. The predicted molar refractivity (Wildman–Crippen MR) is 154 cm³/mol. The van der Waals surface area contributed by atoms with Crippen LogP contribution in [0.5, 0.6) is 5.75 Å². The van der Waals surface area contributed by atoms with Gasteiger partial charge in [-0.3, -0.25) is 4.79 Å². The van der Waals surface area contributed by atoms with Crippen LogP contribution < -0.4 is 9.64 Å². The van der Waals surface area contributed by atoms with Gasteiger partial charge in [0.1, 0.15) is 23.5 Å². The van der Waals surface area contributed by atoms with E-state index >= 15 is 0 Å². The number of anilines is 1. The number of benzene rings is 2. The molecule has 2 aliphatic heterocycles. The van der Waals surface area contributed by atoms with Gasteiger partial charge in [-0.25, -0.2) is 9.37 Å². The van der Waals surface area contributed by atoms with Crippen LogP contribution in [0.15, 0.2) is 60.8 Å². The Hall–Kier alpha value is -3.34. The number of likely N-dealkylation sites (tertiary alicyclic amines) is 1. The number of pyridine rings is 1. The molecule has 2 aromatic carbocycles. The Labute approximate surface area is 244 Å². The summed E-state index contributed by atoms with van der Waals surface area (Å²) < 4.78 is 20.2. The molecule has 0 unspecified atom stereocenters. The lowest BCUT2D eigenvalue weighted by molar-refractivity contribution is -0.138. The molecule has 5 rings (SSSR count). The molecule has 2 aliphatic rings. The molecule has 0 bridgehead atoms. The Morgan fingerprint density at radius 3 is 2.48 bits per heavy atom. The Morgan fingerprint density at radius 2 is 1.82 bits per heavy atom. The van der Waals surface area contributed by atoms with E-state index < -0.39 is 5.82 Å². The van der Waals surface area contributed by atoms with E-state index in [0.717, 1.165) is 43.7 Å². The average molecular weight is 582 g/mol. The molecule has 0 radical (unpaired) electrons. The fourth-order valence-electron chi connectivity index (χ4n) is 5.90. The summed E-state index contributed by atoms with van der Waals surface area (Å²) in [6, 6.07) is 18.0. The molecule has 0 N–H and O–H groups in total. The van der Waals surface area contributed by atoms with Crippen LogP contribution in [0.25, 0.3) is 0 Å². The molecule has 1 aromatic heterocycles. The van der Waals surface area contributed by atoms with Crippen molar-refractivity contribution < 1.29 is 13.9 Å². The molecular weight excluding hydrogens is 550 g/mol. The van der Waals surface area contributed by atoms with Crippen molar-refractivity contribution in [1.29, 1.82) is 5.26 Å². The van der Waals surface area contributed by atoms with E-state index in [1.54, 1.807) is 18.3 Å². The zero-order chi connectivity index (χ0) is 28.2. The number of amides is 1. The predicted octanol–water partition coefficient (Wildman–Crippen LogP) is 6.72. The van der Waals surface area contributed by atoms with Gasteiger partial charge in [0.2, 0.25) is 5.91 Å². The van der Waals surface area contributed by atoms with Gasteiger partial charge in [-0.2, -0.15) is 5.26 Å². The molecule has 3 heterocycles. The van der Waals surface area contributed by atoms with Gasteiger partial charge in [0.15, 0.2) is 0 Å². The highest BCUT2D eigenvalue weighted by atomic mass is 35.5. The number of piperidine rings is 2. The fourth-order valence-corrected chi connectivity index (χ4v) is 6.14. The molecule has 2 saturated heterocycles. The van der Waals surface area contributed by atoms with Crippen LogP contribution in [-0.4, -0.2) is 48.1 Å². The van der Waals surface area contributed by atoms with E-state index in [9.17, 15) is 9.18 Å². The maximum atomic E-state index is 14.0. The SMILES string of the molecule is C[C@H](Oc1ccc(Cl)c(F)c1)[C@H]1CCN(C(=O)C2CCN(c3ccc(C#N)cn3)CC2)C[C@@H]1c1ccc(Cl)cc1. The third-order valence-corrected chi connectivity index (χ3v) is 8.70. The zero-order valence-corrected chi connectivity index (χ0v) is 23.8. The number of nitrogens with zero attached hydrogens (tertiary/aromatic N) is 4. The largest absolute Gasteiger partial charge is 0.490 e. The molecule has 208 valence electrons. The molecule has 2 fully saturated rings. The van der Waals surface area contributed by atoms with Crippen LogP contribution in [0, 0.1) is 29.0 Å². The van der Waals surface area contributed by atoms with Crippen molar-refractivity contribution in [3.05, 3.63) is 87.8 Å². The smallest absolute Gasteiger partial charge is 0.225 e. The number of halogens is 3. The van der Waals surface area contributed by atoms with Gasteiger partial charge in [0.05, 0.1) is 16.7 Å². The third kappa shape index (κ3) is 6.35. The lowest BCUT2D eigenvalue weighted by Gasteiger charge is -2.43. The number of aromatic nitrogens is 1. The van der Waals surface area contributed by atoms with E-state index in [1.165, 1.54) is 12.1 Å². The number of carbonyl (C=O) groups excluding carboxylic acids is 1. The van der Waals surface area contributed by atoms with Crippen LogP contribution in [0.4, 0.5) is 10.2 Å². The van der Waals surface area contributed by atoms with E-state index in [1.807, 2.05) is 42.2 Å². The van der Waals surface area contributed by atoms with Crippen molar-refractivity contribution in [1.82, 2.24) is 9.88 Å². The second-order valence-electron chi connectivity index (χ2n) is 10.6. The quantitative estimate of drug-likeness (QED) is 0.324. The first kappa shape index (κ1) is 28.2. The van der Waals surface area contributed by atoms with Crippen LogP contribution >= 0.6 is 23.2 Å². The lowest BCUT2D eigenvalue weighted by atomic mass is 9.77. The Morgan fingerprint density at radius 1 is 1.07 bits per heavy atom. The normalized spacial score (nSPS) is 20.6. The van der Waals surface area contributed by atoms with Crippen molar-refractivity contribution in [3.8, 4) is 11.8 Å². The van der Waals surface area contributed by atoms with Gasteiger partial charge < -0.3 is 14.5 Å². The second-order valence-corrected chi connectivity index (χ2v) is 11.4. The third-order valence-electron chi connectivity index (χ3n) is 8.14. The number of ether oxygens (including phenoxy) is 1. The molecule has 40 heavy (non-hydrogen) atoms. The monoisotopic (exact) mass is 580 g/mol. The van der Waals surface area contributed by atoms with Crippen LogP contribution in [0.3, 0.4) is 0 Å². The maximum Gasteiger partial charge on any atom is 0.225 e. The minimum atomic E-state index is -0.512. The number of rotatable bonds is 6. The molecular formula is C31H31Cl2FN4O2. The summed E-state index contributed by atoms with van der Waals surface area (Å²) in [5, 5.41) is 9.74. The summed E-state index contributed by atoms with van der Waals surface area (Å²) in [5.74, 6) is 1.08. The molecule has 9 heteroatoms. The molecule has 0 spiro atoms. The first-order valence-corrected chi connectivity index (χ1v) is 14.3. The molecule has 6 nitrogen and oxygen atoms in total.